The SMILES string of the molecule is CCCC(C)(NC(=O)c1ccc2cc[nH]c2c1)C(=O)OC. The molecule has 0 aliphatic carbocycles. The number of methoxy groups -OCH3 is 1. The molecule has 2 N–H and O–H groups in total. The van der Waals surface area contributed by atoms with E-state index in [1.54, 1.807) is 19.1 Å². The number of fused-ring (bicyclic) bond motifs is 1. The topological polar surface area (TPSA) is 71.2 Å². The Morgan fingerprint density at radius 2 is 2.10 bits per heavy atom. The molecule has 0 saturated heterocycles. The average Bonchev–Trinajstić information content (AvgIpc) is 2.93. The van der Waals surface area contributed by atoms with Gasteiger partial charge in [0.15, 0.2) is 0 Å². The van der Waals surface area contributed by atoms with Gasteiger partial charge >= 0.3 is 5.97 Å². The van der Waals surface area contributed by atoms with Gasteiger partial charge in [-0.1, -0.05) is 19.4 Å². The summed E-state index contributed by atoms with van der Waals surface area (Å²) in [6, 6.07) is 7.33. The van der Waals surface area contributed by atoms with Crippen LogP contribution < -0.4 is 5.32 Å². The standard InChI is InChI=1S/C16H20N2O3/c1-4-8-16(2,15(20)21-3)18-14(19)12-6-5-11-7-9-17-13(11)10-12/h5-7,9-10,17H,4,8H2,1-3H3,(H,18,19). The fourth-order valence-corrected chi connectivity index (χ4v) is 2.45. The number of H-pyrrole nitrogens is 1. The fraction of sp³-hybridized carbons (Fsp3) is 0.375. The molecule has 112 valence electrons. The number of carbonyl (C=O) groups excluding carboxylic acids is 2. The number of aromatic amines is 1. The summed E-state index contributed by atoms with van der Waals surface area (Å²) in [6.45, 7) is 3.64. The Morgan fingerprint density at radius 3 is 2.76 bits per heavy atom. The first-order valence-corrected chi connectivity index (χ1v) is 6.98. The second-order valence-electron chi connectivity index (χ2n) is 5.31. The number of amides is 1. The zero-order valence-electron chi connectivity index (χ0n) is 12.5. The zero-order valence-corrected chi connectivity index (χ0v) is 12.5. The fourth-order valence-electron chi connectivity index (χ4n) is 2.45. The van der Waals surface area contributed by atoms with Crippen molar-refractivity contribution >= 4 is 22.8 Å². The van der Waals surface area contributed by atoms with E-state index in [1.807, 2.05) is 25.3 Å². The van der Waals surface area contributed by atoms with E-state index in [0.717, 1.165) is 17.3 Å². The number of nitrogens with one attached hydrogen (secondary N) is 2. The molecule has 1 unspecified atom stereocenters. The van der Waals surface area contributed by atoms with Crippen LogP contribution in [0.25, 0.3) is 10.9 Å². The molecule has 1 heterocycles. The molecular formula is C16H20N2O3. The Kier molecular flexibility index (Phi) is 4.31. The number of carbonyl (C=O) groups is 2. The molecule has 0 aliphatic heterocycles. The van der Waals surface area contributed by atoms with Crippen LogP contribution in [0.3, 0.4) is 0 Å². The molecule has 2 rings (SSSR count). The maximum Gasteiger partial charge on any atom is 0.331 e. The molecule has 5 nitrogen and oxygen atoms in total. The summed E-state index contributed by atoms with van der Waals surface area (Å²) < 4.78 is 4.80. The van der Waals surface area contributed by atoms with Crippen molar-refractivity contribution in [2.24, 2.45) is 0 Å². The Bertz CT molecular complexity index is 662. The van der Waals surface area contributed by atoms with Crippen molar-refractivity contribution in [3.05, 3.63) is 36.0 Å². The molecule has 0 aliphatic rings. The third kappa shape index (κ3) is 3.07. The molecule has 0 fully saturated rings. The van der Waals surface area contributed by atoms with Crippen LogP contribution in [0.4, 0.5) is 0 Å². The van der Waals surface area contributed by atoms with Crippen molar-refractivity contribution in [3.8, 4) is 0 Å². The molecule has 1 aromatic carbocycles. The monoisotopic (exact) mass is 288 g/mol. The summed E-state index contributed by atoms with van der Waals surface area (Å²) in [5.74, 6) is -0.716. The summed E-state index contributed by atoms with van der Waals surface area (Å²) in [6.07, 6.45) is 3.11. The van der Waals surface area contributed by atoms with Crippen LogP contribution in [0.1, 0.15) is 37.0 Å². The van der Waals surface area contributed by atoms with Crippen molar-refractivity contribution in [2.75, 3.05) is 7.11 Å². The molecule has 0 spiro atoms. The van der Waals surface area contributed by atoms with Gasteiger partial charge in [-0.25, -0.2) is 4.79 Å². The van der Waals surface area contributed by atoms with Crippen molar-refractivity contribution in [1.82, 2.24) is 10.3 Å². The van der Waals surface area contributed by atoms with Crippen LogP contribution in [0.2, 0.25) is 0 Å². The van der Waals surface area contributed by atoms with E-state index in [-0.39, 0.29) is 5.91 Å². The van der Waals surface area contributed by atoms with Crippen LogP contribution in [-0.4, -0.2) is 29.5 Å². The van der Waals surface area contributed by atoms with Gasteiger partial charge in [-0.15, -0.1) is 0 Å². The Hall–Kier alpha value is -2.30. The maximum atomic E-state index is 12.4. The average molecular weight is 288 g/mol. The Morgan fingerprint density at radius 1 is 1.33 bits per heavy atom. The molecule has 1 atom stereocenters. The molecule has 21 heavy (non-hydrogen) atoms. The first-order chi connectivity index (χ1) is 10.00. The van der Waals surface area contributed by atoms with Crippen LogP contribution in [-0.2, 0) is 9.53 Å². The summed E-state index contributed by atoms with van der Waals surface area (Å²) in [5.41, 5.74) is 0.389. The number of ether oxygens (including phenoxy) is 1. The van der Waals surface area contributed by atoms with Crippen LogP contribution in [0.5, 0.6) is 0 Å². The van der Waals surface area contributed by atoms with E-state index < -0.39 is 11.5 Å². The summed E-state index contributed by atoms with van der Waals surface area (Å²) in [7, 11) is 1.33. The van der Waals surface area contributed by atoms with Crippen molar-refractivity contribution in [2.45, 2.75) is 32.2 Å². The third-order valence-corrected chi connectivity index (χ3v) is 3.59. The smallest absolute Gasteiger partial charge is 0.331 e. The highest BCUT2D eigenvalue weighted by Crippen LogP contribution is 2.18. The van der Waals surface area contributed by atoms with Gasteiger partial charge in [0.25, 0.3) is 5.91 Å². The van der Waals surface area contributed by atoms with Crippen molar-refractivity contribution in [1.29, 1.82) is 0 Å². The predicted octanol–water partition coefficient (Wildman–Crippen LogP) is 2.63. The van der Waals surface area contributed by atoms with Gasteiger partial charge in [-0.3, -0.25) is 4.79 Å². The second-order valence-corrected chi connectivity index (χ2v) is 5.31. The highest BCUT2D eigenvalue weighted by molar-refractivity contribution is 6.00. The Labute approximate surface area is 123 Å². The van der Waals surface area contributed by atoms with Gasteiger partial charge in [0.2, 0.25) is 0 Å². The first-order valence-electron chi connectivity index (χ1n) is 6.98. The Balaban J connectivity index is 2.23. The molecule has 0 saturated carbocycles. The van der Waals surface area contributed by atoms with Gasteiger partial charge in [0.1, 0.15) is 5.54 Å². The van der Waals surface area contributed by atoms with E-state index >= 15 is 0 Å². The predicted molar refractivity (Wildman–Crippen MR) is 81.1 cm³/mol. The van der Waals surface area contributed by atoms with Gasteiger partial charge in [0, 0.05) is 17.3 Å². The lowest BCUT2D eigenvalue weighted by molar-refractivity contribution is -0.147. The molecule has 0 bridgehead atoms. The third-order valence-electron chi connectivity index (χ3n) is 3.59. The van der Waals surface area contributed by atoms with E-state index in [0.29, 0.717) is 12.0 Å². The lowest BCUT2D eigenvalue weighted by Gasteiger charge is -2.27. The molecule has 0 radical (unpaired) electrons. The molecule has 5 heteroatoms. The van der Waals surface area contributed by atoms with Gasteiger partial charge in [0.05, 0.1) is 7.11 Å². The minimum absolute atomic E-state index is 0.284. The largest absolute Gasteiger partial charge is 0.467 e. The summed E-state index contributed by atoms with van der Waals surface area (Å²) in [5, 5.41) is 3.83. The highest BCUT2D eigenvalue weighted by atomic mass is 16.5. The lowest BCUT2D eigenvalue weighted by Crippen LogP contribution is -2.52. The minimum atomic E-state index is -1.01. The number of benzene rings is 1. The number of aromatic nitrogens is 1. The summed E-state index contributed by atoms with van der Waals surface area (Å²) in [4.78, 5) is 27.4. The molecule has 1 aromatic heterocycles. The number of esters is 1. The second kappa shape index (κ2) is 5.99. The zero-order chi connectivity index (χ0) is 15.5. The number of rotatable bonds is 5. The molecule has 2 aromatic rings. The lowest BCUT2D eigenvalue weighted by atomic mass is 9.95. The molecule has 1 amide bonds. The minimum Gasteiger partial charge on any atom is -0.467 e. The maximum absolute atomic E-state index is 12.4. The van der Waals surface area contributed by atoms with Crippen molar-refractivity contribution in [3.63, 3.8) is 0 Å². The summed E-state index contributed by atoms with van der Waals surface area (Å²) >= 11 is 0. The van der Waals surface area contributed by atoms with E-state index in [9.17, 15) is 9.59 Å². The van der Waals surface area contributed by atoms with Gasteiger partial charge in [-0.05, 0) is 36.9 Å². The van der Waals surface area contributed by atoms with Gasteiger partial charge in [-0.2, -0.15) is 0 Å². The van der Waals surface area contributed by atoms with Crippen molar-refractivity contribution < 1.29 is 14.3 Å². The quantitative estimate of drug-likeness (QED) is 0.831. The van der Waals surface area contributed by atoms with Crippen LogP contribution >= 0.6 is 0 Å². The van der Waals surface area contributed by atoms with E-state index in [1.165, 1.54) is 7.11 Å². The van der Waals surface area contributed by atoms with Crippen LogP contribution in [0.15, 0.2) is 30.5 Å². The highest BCUT2D eigenvalue weighted by Gasteiger charge is 2.35. The van der Waals surface area contributed by atoms with Crippen LogP contribution in [0, 0.1) is 0 Å². The number of hydrogen-bond donors (Lipinski definition) is 2. The van der Waals surface area contributed by atoms with E-state index in [4.69, 9.17) is 4.74 Å². The first kappa shape index (κ1) is 15.1. The normalized spacial score (nSPS) is 13.7. The van der Waals surface area contributed by atoms with E-state index in [2.05, 4.69) is 10.3 Å². The van der Waals surface area contributed by atoms with Gasteiger partial charge < -0.3 is 15.0 Å². The number of hydrogen-bond acceptors (Lipinski definition) is 3. The molecular weight excluding hydrogens is 268 g/mol.